The Bertz CT molecular complexity index is 970. The number of nitrogens with zero attached hydrogens (tertiary/aromatic N) is 6. The number of amides is 1. The lowest BCUT2D eigenvalue weighted by atomic mass is 10.2. The number of likely N-dealkylation sites (tertiary alicyclic amines) is 1. The summed E-state index contributed by atoms with van der Waals surface area (Å²) in [4.78, 5) is 24.6. The second-order valence-electron chi connectivity index (χ2n) is 7.60. The number of benzene rings is 1. The number of hydrogen-bond donors (Lipinski definition) is 0. The van der Waals surface area contributed by atoms with E-state index < -0.39 is 0 Å². The van der Waals surface area contributed by atoms with Gasteiger partial charge in [-0.3, -0.25) is 9.69 Å². The summed E-state index contributed by atoms with van der Waals surface area (Å²) in [6, 6.07) is 7.67. The molecule has 2 saturated heterocycles. The molecule has 0 bridgehead atoms. The van der Waals surface area contributed by atoms with Gasteiger partial charge < -0.3 is 9.80 Å². The summed E-state index contributed by atoms with van der Waals surface area (Å²) in [7, 11) is 0. The van der Waals surface area contributed by atoms with E-state index >= 15 is 0 Å². The Labute approximate surface area is 178 Å². The van der Waals surface area contributed by atoms with Gasteiger partial charge >= 0.3 is 0 Å². The van der Waals surface area contributed by atoms with E-state index in [1.165, 1.54) is 12.8 Å². The van der Waals surface area contributed by atoms with Crippen LogP contribution >= 0.6 is 22.9 Å². The highest BCUT2D eigenvalue weighted by Crippen LogP contribution is 2.28. The van der Waals surface area contributed by atoms with E-state index in [0.29, 0.717) is 11.6 Å². The average molecular weight is 431 g/mol. The highest BCUT2D eigenvalue weighted by Gasteiger charge is 2.25. The molecule has 3 aromatic rings. The van der Waals surface area contributed by atoms with Crippen molar-refractivity contribution in [2.45, 2.75) is 12.8 Å². The zero-order chi connectivity index (χ0) is 19.8. The lowest BCUT2D eigenvalue weighted by Crippen LogP contribution is -2.51. The molecule has 7 nitrogen and oxygen atoms in total. The van der Waals surface area contributed by atoms with Crippen molar-refractivity contribution in [3.05, 3.63) is 35.5 Å². The first kappa shape index (κ1) is 18.8. The smallest absolute Gasteiger partial charge is 0.236 e. The van der Waals surface area contributed by atoms with Gasteiger partial charge in [-0.1, -0.05) is 35.1 Å². The molecule has 0 spiro atoms. The van der Waals surface area contributed by atoms with Gasteiger partial charge in [0.15, 0.2) is 0 Å². The maximum absolute atomic E-state index is 12.5. The number of aromatic nitrogens is 3. The molecular weight excluding hydrogens is 408 g/mol. The van der Waals surface area contributed by atoms with Crippen LogP contribution in [0.15, 0.2) is 30.5 Å². The Morgan fingerprint density at radius 2 is 1.76 bits per heavy atom. The van der Waals surface area contributed by atoms with Crippen molar-refractivity contribution in [1.82, 2.24) is 24.4 Å². The normalized spacial score (nSPS) is 18.1. The van der Waals surface area contributed by atoms with Gasteiger partial charge in [0, 0.05) is 36.8 Å². The van der Waals surface area contributed by atoms with Crippen LogP contribution < -0.4 is 4.90 Å². The van der Waals surface area contributed by atoms with Crippen molar-refractivity contribution in [2.75, 3.05) is 50.7 Å². The van der Waals surface area contributed by atoms with Crippen molar-refractivity contribution < 1.29 is 4.79 Å². The molecule has 0 radical (unpaired) electrons. The Balaban J connectivity index is 1.22. The van der Waals surface area contributed by atoms with Crippen LogP contribution in [0.3, 0.4) is 0 Å². The monoisotopic (exact) mass is 430 g/mol. The molecule has 1 aromatic carbocycles. The Morgan fingerprint density at radius 3 is 2.45 bits per heavy atom. The summed E-state index contributed by atoms with van der Waals surface area (Å²) >= 11 is 7.55. The third-order valence-corrected chi connectivity index (χ3v) is 6.87. The third-order valence-electron chi connectivity index (χ3n) is 5.63. The molecular formula is C20H23ClN6OS. The summed E-state index contributed by atoms with van der Waals surface area (Å²) < 4.78 is 1.84. The van der Waals surface area contributed by atoms with Gasteiger partial charge in [0.05, 0.1) is 18.4 Å². The van der Waals surface area contributed by atoms with Crippen LogP contribution in [-0.4, -0.2) is 76.1 Å². The number of fused-ring (bicyclic) bond motifs is 1. The number of piperazine rings is 1. The second-order valence-corrected chi connectivity index (χ2v) is 8.97. The minimum atomic E-state index is 0.257. The highest BCUT2D eigenvalue weighted by molar-refractivity contribution is 7.20. The number of carbonyl (C=O) groups is 1. The molecule has 4 heterocycles. The van der Waals surface area contributed by atoms with E-state index in [9.17, 15) is 4.79 Å². The summed E-state index contributed by atoms with van der Waals surface area (Å²) in [6.07, 6.45) is 4.38. The molecule has 0 N–H and O–H groups in total. The largest absolute Gasteiger partial charge is 0.343 e. The molecule has 2 aliphatic rings. The van der Waals surface area contributed by atoms with Crippen molar-refractivity contribution in [1.29, 1.82) is 0 Å². The average Bonchev–Trinajstić information content (AvgIpc) is 3.45. The number of halogens is 1. The second kappa shape index (κ2) is 7.93. The van der Waals surface area contributed by atoms with E-state index in [2.05, 4.69) is 9.80 Å². The minimum absolute atomic E-state index is 0.257. The van der Waals surface area contributed by atoms with E-state index in [4.69, 9.17) is 21.7 Å². The number of imidazole rings is 1. The summed E-state index contributed by atoms with van der Waals surface area (Å²) in [5.41, 5.74) is 1.92. The van der Waals surface area contributed by atoms with E-state index in [0.717, 1.165) is 60.6 Å². The quantitative estimate of drug-likeness (QED) is 0.637. The predicted octanol–water partition coefficient (Wildman–Crippen LogP) is 2.86. The Morgan fingerprint density at radius 1 is 1.03 bits per heavy atom. The standard InChI is InChI=1S/C20H23ClN6OS/c21-16-5-3-15(4-6-16)17-13-27-19(22-17)29-20(23-27)26-11-9-25(10-12-26)18(28)14-24-7-1-2-8-24/h3-6,13H,1-2,7-12,14H2. The topological polar surface area (TPSA) is 57.0 Å². The molecule has 2 aliphatic heterocycles. The number of rotatable bonds is 4. The van der Waals surface area contributed by atoms with Crippen LogP contribution in [0.25, 0.3) is 16.2 Å². The first-order valence-corrected chi connectivity index (χ1v) is 11.2. The lowest BCUT2D eigenvalue weighted by Gasteiger charge is -2.35. The fraction of sp³-hybridized carbons (Fsp3) is 0.450. The van der Waals surface area contributed by atoms with Crippen molar-refractivity contribution >= 4 is 38.9 Å². The number of hydrogen-bond acceptors (Lipinski definition) is 6. The molecule has 0 atom stereocenters. The van der Waals surface area contributed by atoms with E-state index in [-0.39, 0.29) is 5.91 Å². The van der Waals surface area contributed by atoms with Crippen LogP contribution in [0.5, 0.6) is 0 Å². The Kier molecular flexibility index (Phi) is 5.15. The van der Waals surface area contributed by atoms with Gasteiger partial charge in [0.2, 0.25) is 16.0 Å². The summed E-state index contributed by atoms with van der Waals surface area (Å²) in [5.74, 6) is 0.257. The van der Waals surface area contributed by atoms with Gasteiger partial charge in [0.25, 0.3) is 0 Å². The van der Waals surface area contributed by atoms with Gasteiger partial charge in [0.1, 0.15) is 0 Å². The zero-order valence-electron chi connectivity index (χ0n) is 16.1. The van der Waals surface area contributed by atoms with Crippen LogP contribution in [0.2, 0.25) is 5.02 Å². The van der Waals surface area contributed by atoms with Gasteiger partial charge in [-0.05, 0) is 38.1 Å². The van der Waals surface area contributed by atoms with E-state index in [1.807, 2.05) is 39.9 Å². The van der Waals surface area contributed by atoms with Crippen molar-refractivity contribution in [3.63, 3.8) is 0 Å². The maximum Gasteiger partial charge on any atom is 0.236 e. The molecule has 0 unspecified atom stereocenters. The summed E-state index contributed by atoms with van der Waals surface area (Å²) in [5, 5.41) is 6.39. The summed E-state index contributed by atoms with van der Waals surface area (Å²) in [6.45, 7) is 5.82. The zero-order valence-corrected chi connectivity index (χ0v) is 17.7. The van der Waals surface area contributed by atoms with Gasteiger partial charge in [-0.15, -0.1) is 5.10 Å². The van der Waals surface area contributed by atoms with Crippen LogP contribution in [0.4, 0.5) is 5.13 Å². The third kappa shape index (κ3) is 3.97. The van der Waals surface area contributed by atoms with Crippen LogP contribution in [-0.2, 0) is 4.79 Å². The SMILES string of the molecule is O=C(CN1CCCC1)N1CCN(c2nn3cc(-c4ccc(Cl)cc4)nc3s2)CC1. The van der Waals surface area contributed by atoms with Crippen molar-refractivity contribution in [3.8, 4) is 11.3 Å². The van der Waals surface area contributed by atoms with Crippen LogP contribution in [0, 0.1) is 0 Å². The molecule has 0 saturated carbocycles. The highest BCUT2D eigenvalue weighted by atomic mass is 35.5. The molecule has 152 valence electrons. The van der Waals surface area contributed by atoms with Gasteiger partial charge in [-0.2, -0.15) is 0 Å². The van der Waals surface area contributed by atoms with E-state index in [1.54, 1.807) is 11.3 Å². The number of anilines is 1. The molecule has 9 heteroatoms. The molecule has 5 rings (SSSR count). The minimum Gasteiger partial charge on any atom is -0.343 e. The molecule has 29 heavy (non-hydrogen) atoms. The molecule has 2 fully saturated rings. The fourth-order valence-electron chi connectivity index (χ4n) is 3.96. The molecule has 0 aliphatic carbocycles. The molecule has 2 aromatic heterocycles. The number of carbonyl (C=O) groups excluding carboxylic acids is 1. The van der Waals surface area contributed by atoms with Gasteiger partial charge in [-0.25, -0.2) is 9.50 Å². The molecule has 1 amide bonds. The lowest BCUT2D eigenvalue weighted by molar-refractivity contribution is -0.132. The first-order chi connectivity index (χ1) is 14.2. The maximum atomic E-state index is 12.5. The first-order valence-electron chi connectivity index (χ1n) is 10.0. The van der Waals surface area contributed by atoms with Crippen LogP contribution in [0.1, 0.15) is 12.8 Å². The fourth-order valence-corrected chi connectivity index (χ4v) is 5.02. The predicted molar refractivity (Wildman–Crippen MR) is 116 cm³/mol. The Hall–Kier alpha value is -2.16. The van der Waals surface area contributed by atoms with Crippen molar-refractivity contribution in [2.24, 2.45) is 0 Å².